The quantitative estimate of drug-likeness (QED) is 0.334. The molecular weight excluding hydrogens is 524 g/mol. The Morgan fingerprint density at radius 2 is 1.62 bits per heavy atom. The molecule has 4 rings (SSSR count). The average Bonchev–Trinajstić information content (AvgIpc) is 3.33. The number of amides is 2. The van der Waals surface area contributed by atoms with E-state index in [1.165, 1.54) is 25.8 Å². The summed E-state index contributed by atoms with van der Waals surface area (Å²) in [5.41, 5.74) is 2.34. The molecule has 11 nitrogen and oxygen atoms in total. The van der Waals surface area contributed by atoms with Gasteiger partial charge in [0.05, 0.1) is 44.6 Å². The summed E-state index contributed by atoms with van der Waals surface area (Å²) in [6.07, 6.45) is 0.120. The fourth-order valence-electron chi connectivity index (χ4n) is 4.77. The number of benzene rings is 1. The highest BCUT2D eigenvalue weighted by Gasteiger charge is 2.42. The van der Waals surface area contributed by atoms with Crippen molar-refractivity contribution in [3.05, 3.63) is 46.1 Å². The molecule has 0 N–H and O–H groups in total. The van der Waals surface area contributed by atoms with Crippen LogP contribution in [0.15, 0.2) is 45.6 Å². The molecule has 39 heavy (non-hydrogen) atoms. The molecule has 3 heterocycles. The normalized spacial score (nSPS) is 18.9. The van der Waals surface area contributed by atoms with E-state index in [1.54, 1.807) is 37.0 Å². The van der Waals surface area contributed by atoms with Gasteiger partial charge in [-0.3, -0.25) is 9.59 Å². The lowest BCUT2D eigenvalue weighted by atomic mass is 9.93. The highest BCUT2D eigenvalue weighted by atomic mass is 32.2. The summed E-state index contributed by atoms with van der Waals surface area (Å²) in [4.78, 5) is 48.6. The minimum atomic E-state index is -0.625. The first kappa shape index (κ1) is 28.5. The summed E-state index contributed by atoms with van der Waals surface area (Å²) in [6, 6.07) is 4.82. The third kappa shape index (κ3) is 6.22. The maximum absolute atomic E-state index is 13.4. The van der Waals surface area contributed by atoms with Crippen LogP contribution in [0, 0.1) is 0 Å². The zero-order valence-corrected chi connectivity index (χ0v) is 23.7. The van der Waals surface area contributed by atoms with Gasteiger partial charge in [0, 0.05) is 52.0 Å². The van der Waals surface area contributed by atoms with Crippen molar-refractivity contribution in [2.75, 3.05) is 60.7 Å². The summed E-state index contributed by atoms with van der Waals surface area (Å²) < 4.78 is 21.6. The number of amidine groups is 1. The number of aliphatic imine (C=N–C) groups is 1. The van der Waals surface area contributed by atoms with Crippen LogP contribution in [0.1, 0.15) is 31.9 Å². The van der Waals surface area contributed by atoms with Crippen molar-refractivity contribution in [2.45, 2.75) is 26.3 Å². The summed E-state index contributed by atoms with van der Waals surface area (Å²) in [7, 11) is 4.67. The molecule has 3 aliphatic heterocycles. The lowest BCUT2D eigenvalue weighted by molar-refractivity contribution is -0.141. The molecule has 12 heteroatoms. The van der Waals surface area contributed by atoms with Gasteiger partial charge in [0.15, 0.2) is 5.17 Å². The Labute approximate surface area is 232 Å². The number of methoxy groups -OCH3 is 3. The second kappa shape index (κ2) is 12.6. The van der Waals surface area contributed by atoms with E-state index in [0.717, 1.165) is 11.3 Å². The van der Waals surface area contributed by atoms with Crippen molar-refractivity contribution in [1.29, 1.82) is 0 Å². The number of nitrogens with zero attached hydrogens (tertiary/aromatic N) is 4. The lowest BCUT2D eigenvalue weighted by Gasteiger charge is -2.38. The van der Waals surface area contributed by atoms with Gasteiger partial charge in [-0.05, 0) is 30.0 Å². The molecule has 3 aliphatic rings. The topological polar surface area (TPSA) is 110 Å². The number of piperazine rings is 1. The zero-order chi connectivity index (χ0) is 28.1. The summed E-state index contributed by atoms with van der Waals surface area (Å²) in [6.45, 7) is 5.65. The minimum absolute atomic E-state index is 0.00908. The van der Waals surface area contributed by atoms with Gasteiger partial charge in [-0.25, -0.2) is 9.79 Å². The number of carbonyl (C=O) groups is 3. The van der Waals surface area contributed by atoms with Gasteiger partial charge in [0.2, 0.25) is 11.8 Å². The van der Waals surface area contributed by atoms with Crippen molar-refractivity contribution >= 4 is 34.7 Å². The number of ether oxygens (including phenoxy) is 4. The highest BCUT2D eigenvalue weighted by molar-refractivity contribution is 8.16. The van der Waals surface area contributed by atoms with Crippen LogP contribution < -0.4 is 9.47 Å². The number of rotatable bonds is 9. The van der Waals surface area contributed by atoms with Crippen LogP contribution in [0.4, 0.5) is 0 Å². The fourth-order valence-corrected chi connectivity index (χ4v) is 5.73. The zero-order valence-electron chi connectivity index (χ0n) is 22.9. The van der Waals surface area contributed by atoms with Crippen LogP contribution in [0.5, 0.6) is 11.5 Å². The van der Waals surface area contributed by atoms with E-state index in [1.807, 2.05) is 22.4 Å². The van der Waals surface area contributed by atoms with Crippen LogP contribution in [0.3, 0.4) is 0 Å². The number of allylic oxidation sites excluding steroid dienone is 1. The SMILES string of the molecule is COCCOC(=O)C1=C(C)N=C2SC=C(CC(=O)N3CCN(C(C)=O)CC3)N2C1c1cc(OC)cc(OC)c1. The van der Waals surface area contributed by atoms with Crippen molar-refractivity contribution in [2.24, 2.45) is 4.99 Å². The fraction of sp³-hybridized carbons (Fsp3) is 0.481. The van der Waals surface area contributed by atoms with Crippen LogP contribution in [0.25, 0.3) is 0 Å². The Morgan fingerprint density at radius 3 is 2.21 bits per heavy atom. The monoisotopic (exact) mass is 558 g/mol. The average molecular weight is 559 g/mol. The molecule has 1 saturated heterocycles. The number of hydrogen-bond acceptors (Lipinski definition) is 10. The Balaban J connectivity index is 1.66. The van der Waals surface area contributed by atoms with E-state index in [9.17, 15) is 14.4 Å². The Hall–Kier alpha value is -3.51. The highest BCUT2D eigenvalue weighted by Crippen LogP contribution is 2.46. The molecule has 1 atom stereocenters. The van der Waals surface area contributed by atoms with Crippen LogP contribution in [0.2, 0.25) is 0 Å². The Bertz CT molecular complexity index is 1200. The number of fused-ring (bicyclic) bond motifs is 1. The van der Waals surface area contributed by atoms with Crippen LogP contribution >= 0.6 is 11.8 Å². The van der Waals surface area contributed by atoms with Gasteiger partial charge in [0.25, 0.3) is 0 Å². The van der Waals surface area contributed by atoms with Gasteiger partial charge in [-0.15, -0.1) is 0 Å². The molecule has 2 amide bonds. The molecule has 0 aliphatic carbocycles. The molecule has 1 unspecified atom stereocenters. The number of thioether (sulfide) groups is 1. The first-order chi connectivity index (χ1) is 18.8. The molecule has 0 saturated carbocycles. The van der Waals surface area contributed by atoms with E-state index < -0.39 is 12.0 Å². The summed E-state index contributed by atoms with van der Waals surface area (Å²) in [5.74, 6) is 0.575. The molecule has 0 aromatic heterocycles. The van der Waals surface area contributed by atoms with Gasteiger partial charge in [-0.2, -0.15) is 0 Å². The van der Waals surface area contributed by atoms with Gasteiger partial charge in [0.1, 0.15) is 18.1 Å². The first-order valence-electron chi connectivity index (χ1n) is 12.6. The number of carbonyl (C=O) groups excluding carboxylic acids is 3. The standard InChI is InChI=1S/C27H34N4O7S/c1-17-24(26(34)38-11-10-35-3)25(19-12-21(36-4)15-22(13-19)37-5)31-20(16-39-27(31)28-17)14-23(33)30-8-6-29(7-9-30)18(2)32/h12-13,15-16,25H,6-11,14H2,1-5H3. The van der Waals surface area contributed by atoms with Crippen molar-refractivity contribution in [1.82, 2.24) is 14.7 Å². The molecule has 0 bridgehead atoms. The van der Waals surface area contributed by atoms with E-state index in [-0.39, 0.29) is 31.4 Å². The third-order valence-electron chi connectivity index (χ3n) is 6.84. The third-order valence-corrected chi connectivity index (χ3v) is 7.73. The largest absolute Gasteiger partial charge is 0.497 e. The van der Waals surface area contributed by atoms with E-state index in [2.05, 4.69) is 0 Å². The van der Waals surface area contributed by atoms with E-state index in [0.29, 0.717) is 54.1 Å². The van der Waals surface area contributed by atoms with Crippen molar-refractivity contribution in [3.8, 4) is 11.5 Å². The molecule has 1 fully saturated rings. The molecule has 1 aromatic rings. The number of hydrogen-bond donors (Lipinski definition) is 0. The lowest BCUT2D eigenvalue weighted by Crippen LogP contribution is -2.50. The second-order valence-corrected chi connectivity index (χ2v) is 10.1. The van der Waals surface area contributed by atoms with E-state index in [4.69, 9.17) is 23.9 Å². The first-order valence-corrected chi connectivity index (χ1v) is 13.5. The van der Waals surface area contributed by atoms with Crippen LogP contribution in [-0.2, 0) is 23.9 Å². The van der Waals surface area contributed by atoms with E-state index >= 15 is 0 Å². The summed E-state index contributed by atoms with van der Waals surface area (Å²) in [5, 5.41) is 2.57. The minimum Gasteiger partial charge on any atom is -0.497 e. The smallest absolute Gasteiger partial charge is 0.338 e. The number of esters is 1. The molecule has 1 aromatic carbocycles. The Kier molecular flexibility index (Phi) is 9.18. The Morgan fingerprint density at radius 1 is 0.974 bits per heavy atom. The van der Waals surface area contributed by atoms with Crippen molar-refractivity contribution in [3.63, 3.8) is 0 Å². The second-order valence-electron chi connectivity index (χ2n) is 9.23. The van der Waals surface area contributed by atoms with Gasteiger partial charge >= 0.3 is 5.97 Å². The molecular formula is C27H34N4O7S. The molecule has 0 radical (unpaired) electrons. The van der Waals surface area contributed by atoms with Gasteiger partial charge in [-0.1, -0.05) is 11.8 Å². The predicted molar refractivity (Wildman–Crippen MR) is 146 cm³/mol. The predicted octanol–water partition coefficient (Wildman–Crippen LogP) is 2.55. The molecule has 0 spiro atoms. The van der Waals surface area contributed by atoms with Gasteiger partial charge < -0.3 is 33.6 Å². The van der Waals surface area contributed by atoms with Crippen molar-refractivity contribution < 1.29 is 33.3 Å². The maximum Gasteiger partial charge on any atom is 0.338 e. The molecule has 210 valence electrons. The summed E-state index contributed by atoms with van der Waals surface area (Å²) >= 11 is 1.41. The van der Waals surface area contributed by atoms with Crippen LogP contribution in [-0.4, -0.2) is 98.4 Å². The maximum atomic E-state index is 13.4.